The average molecular weight is 493 g/mol. The first-order valence-corrected chi connectivity index (χ1v) is 12.1. The molecule has 1 aromatic rings. The largest absolute Gasteiger partial charge is 0.469 e. The zero-order chi connectivity index (χ0) is 23.7. The molecule has 0 aromatic heterocycles. The van der Waals surface area contributed by atoms with Gasteiger partial charge in [0, 0.05) is 42.9 Å². The molecule has 0 spiro atoms. The molecule has 1 aromatic carbocycles. The van der Waals surface area contributed by atoms with Gasteiger partial charge < -0.3 is 19.9 Å². The van der Waals surface area contributed by atoms with Gasteiger partial charge in [-0.1, -0.05) is 17.7 Å². The molecule has 0 bridgehead atoms. The summed E-state index contributed by atoms with van der Waals surface area (Å²) in [6, 6.07) is 5.63. The molecule has 4 rings (SSSR count). The van der Waals surface area contributed by atoms with Crippen LogP contribution >= 0.6 is 23.8 Å². The molecule has 3 aliphatic rings. The molecule has 2 amide bonds. The number of anilines is 1. The number of fused-ring (bicyclic) bond motifs is 1. The molecule has 1 saturated carbocycles. The number of hydrogen-bond acceptors (Lipinski definition) is 6. The molecule has 8 nitrogen and oxygen atoms in total. The molecular weight excluding hydrogens is 464 g/mol. The molecule has 2 heterocycles. The van der Waals surface area contributed by atoms with E-state index in [0.29, 0.717) is 50.5 Å². The number of rotatable bonds is 4. The number of ether oxygens (including phenoxy) is 1. The van der Waals surface area contributed by atoms with Crippen LogP contribution in [0.4, 0.5) is 5.69 Å². The number of nitrogens with zero attached hydrogens (tertiary/aromatic N) is 3. The second-order valence-electron chi connectivity index (χ2n) is 8.92. The summed E-state index contributed by atoms with van der Waals surface area (Å²) in [5.74, 6) is -1.01. The number of carbonyl (C=O) groups excluding carboxylic acids is 3. The summed E-state index contributed by atoms with van der Waals surface area (Å²) >= 11 is 11.6. The van der Waals surface area contributed by atoms with Crippen molar-refractivity contribution in [3.05, 3.63) is 28.8 Å². The van der Waals surface area contributed by atoms with Crippen molar-refractivity contribution in [3.8, 4) is 0 Å². The number of piperazine rings is 1. The van der Waals surface area contributed by atoms with Crippen molar-refractivity contribution >= 4 is 52.4 Å². The normalized spacial score (nSPS) is 25.4. The first-order valence-electron chi connectivity index (χ1n) is 11.3. The van der Waals surface area contributed by atoms with Crippen molar-refractivity contribution in [1.82, 2.24) is 15.1 Å². The molecule has 3 fully saturated rings. The Hall–Kier alpha value is -2.39. The molecule has 2 aliphatic heterocycles. The third kappa shape index (κ3) is 4.94. The minimum Gasteiger partial charge on any atom is -0.469 e. The van der Waals surface area contributed by atoms with Crippen LogP contribution < -0.4 is 10.2 Å². The van der Waals surface area contributed by atoms with Crippen molar-refractivity contribution in [3.63, 3.8) is 0 Å². The molecule has 3 atom stereocenters. The molecule has 33 heavy (non-hydrogen) atoms. The number of nitrogens with one attached hydrogen (secondary N) is 1. The summed E-state index contributed by atoms with van der Waals surface area (Å²) in [7, 11) is 1.38. The number of thiocarbonyl (C=S) groups is 1. The number of carbonyl (C=O) groups is 3. The SMILES string of the molecule is COC(=O)C1CCC2C(=O)N(CC(=O)N3CCN(c4cc(Cl)ccc4C)CC3)C(=S)NC2C1. The Morgan fingerprint density at radius 1 is 1.21 bits per heavy atom. The fourth-order valence-electron chi connectivity index (χ4n) is 5.05. The highest BCUT2D eigenvalue weighted by Crippen LogP contribution is 2.33. The van der Waals surface area contributed by atoms with Crippen molar-refractivity contribution < 1.29 is 19.1 Å². The van der Waals surface area contributed by atoms with Crippen LogP contribution in [0, 0.1) is 18.8 Å². The maximum absolute atomic E-state index is 13.1. The molecule has 1 N–H and O–H groups in total. The Bertz CT molecular complexity index is 966. The van der Waals surface area contributed by atoms with Crippen LogP contribution in [0.15, 0.2) is 18.2 Å². The second kappa shape index (κ2) is 9.85. The monoisotopic (exact) mass is 492 g/mol. The van der Waals surface area contributed by atoms with Crippen LogP contribution in [0.1, 0.15) is 24.8 Å². The summed E-state index contributed by atoms with van der Waals surface area (Å²) < 4.78 is 4.86. The van der Waals surface area contributed by atoms with Gasteiger partial charge in [-0.2, -0.15) is 0 Å². The first kappa shape index (κ1) is 23.8. The number of esters is 1. The van der Waals surface area contributed by atoms with Crippen LogP contribution in [0.5, 0.6) is 0 Å². The van der Waals surface area contributed by atoms with E-state index in [4.69, 9.17) is 28.6 Å². The van der Waals surface area contributed by atoms with Gasteiger partial charge in [0.2, 0.25) is 11.8 Å². The van der Waals surface area contributed by atoms with Gasteiger partial charge in [-0.15, -0.1) is 0 Å². The smallest absolute Gasteiger partial charge is 0.308 e. The van der Waals surface area contributed by atoms with Gasteiger partial charge >= 0.3 is 5.97 Å². The number of methoxy groups -OCH3 is 1. The lowest BCUT2D eigenvalue weighted by molar-refractivity contribution is -0.149. The molecule has 2 saturated heterocycles. The lowest BCUT2D eigenvalue weighted by Gasteiger charge is -2.43. The minimum atomic E-state index is -0.284. The van der Waals surface area contributed by atoms with Gasteiger partial charge in [0.15, 0.2) is 5.11 Å². The van der Waals surface area contributed by atoms with Crippen LogP contribution in [0.25, 0.3) is 0 Å². The maximum atomic E-state index is 13.1. The molecule has 0 radical (unpaired) electrons. The van der Waals surface area contributed by atoms with E-state index in [1.54, 1.807) is 4.90 Å². The van der Waals surface area contributed by atoms with Gasteiger partial charge in [-0.05, 0) is 56.1 Å². The lowest BCUT2D eigenvalue weighted by atomic mass is 9.76. The van der Waals surface area contributed by atoms with Crippen molar-refractivity contribution in [2.75, 3.05) is 44.7 Å². The second-order valence-corrected chi connectivity index (χ2v) is 9.74. The van der Waals surface area contributed by atoms with E-state index in [-0.39, 0.29) is 47.3 Å². The number of aryl methyl sites for hydroxylation is 1. The summed E-state index contributed by atoms with van der Waals surface area (Å²) in [6.45, 7) is 4.52. The molecule has 1 aliphatic carbocycles. The first-order chi connectivity index (χ1) is 15.8. The summed E-state index contributed by atoms with van der Waals surface area (Å²) in [6.07, 6.45) is 1.68. The van der Waals surface area contributed by atoms with Crippen molar-refractivity contribution in [2.24, 2.45) is 11.8 Å². The van der Waals surface area contributed by atoms with Gasteiger partial charge in [0.05, 0.1) is 18.9 Å². The van der Waals surface area contributed by atoms with E-state index in [0.717, 1.165) is 11.3 Å². The summed E-state index contributed by atoms with van der Waals surface area (Å²) in [5.41, 5.74) is 2.23. The van der Waals surface area contributed by atoms with Crippen LogP contribution in [0.2, 0.25) is 5.02 Å². The quantitative estimate of drug-likeness (QED) is 0.508. The predicted molar refractivity (Wildman–Crippen MR) is 129 cm³/mol. The number of hydrogen-bond donors (Lipinski definition) is 1. The predicted octanol–water partition coefficient (Wildman–Crippen LogP) is 1.97. The number of halogens is 1. The van der Waals surface area contributed by atoms with E-state index >= 15 is 0 Å². The van der Waals surface area contributed by atoms with Crippen LogP contribution in [-0.2, 0) is 19.1 Å². The Morgan fingerprint density at radius 3 is 2.64 bits per heavy atom. The highest BCUT2D eigenvalue weighted by molar-refractivity contribution is 7.80. The van der Waals surface area contributed by atoms with Crippen LogP contribution in [-0.4, -0.2) is 78.6 Å². The Kier molecular flexibility index (Phi) is 7.09. The van der Waals surface area contributed by atoms with Gasteiger partial charge in [0.25, 0.3) is 0 Å². The highest BCUT2D eigenvalue weighted by atomic mass is 35.5. The number of amides is 2. The lowest BCUT2D eigenvalue weighted by Crippen LogP contribution is -2.63. The van der Waals surface area contributed by atoms with E-state index in [2.05, 4.69) is 10.2 Å². The van der Waals surface area contributed by atoms with E-state index < -0.39 is 0 Å². The summed E-state index contributed by atoms with van der Waals surface area (Å²) in [5, 5.41) is 4.14. The molecule has 178 valence electrons. The van der Waals surface area contributed by atoms with Crippen molar-refractivity contribution in [1.29, 1.82) is 0 Å². The van der Waals surface area contributed by atoms with Gasteiger partial charge in [-0.3, -0.25) is 19.3 Å². The fourth-order valence-corrected chi connectivity index (χ4v) is 5.52. The fraction of sp³-hybridized carbons (Fsp3) is 0.565. The third-order valence-corrected chi connectivity index (χ3v) is 7.53. The van der Waals surface area contributed by atoms with Crippen LogP contribution in [0.3, 0.4) is 0 Å². The Labute approximate surface area is 204 Å². The summed E-state index contributed by atoms with van der Waals surface area (Å²) in [4.78, 5) is 43.4. The van der Waals surface area contributed by atoms with E-state index in [9.17, 15) is 14.4 Å². The molecular formula is C23H29ClN4O4S. The third-order valence-electron chi connectivity index (χ3n) is 6.96. The maximum Gasteiger partial charge on any atom is 0.308 e. The van der Waals surface area contributed by atoms with Gasteiger partial charge in [0.1, 0.15) is 6.54 Å². The zero-order valence-corrected chi connectivity index (χ0v) is 20.5. The highest BCUT2D eigenvalue weighted by Gasteiger charge is 2.45. The van der Waals surface area contributed by atoms with Gasteiger partial charge in [-0.25, -0.2) is 0 Å². The van der Waals surface area contributed by atoms with Crippen molar-refractivity contribution in [2.45, 2.75) is 32.2 Å². The standard InChI is InChI=1S/C23H29ClN4O4S/c1-14-3-5-16(24)12-19(14)26-7-9-27(10-8-26)20(29)13-28-21(30)17-6-4-15(22(31)32-2)11-18(17)25-23(28)33/h3,5,12,15,17-18H,4,6-11,13H2,1-2H3,(H,25,33). The van der Waals surface area contributed by atoms with E-state index in [1.807, 2.05) is 25.1 Å². The topological polar surface area (TPSA) is 82.2 Å². The average Bonchev–Trinajstić information content (AvgIpc) is 2.82. The van der Waals surface area contributed by atoms with E-state index in [1.165, 1.54) is 12.0 Å². The Morgan fingerprint density at radius 2 is 1.94 bits per heavy atom. The minimum absolute atomic E-state index is 0.0650. The zero-order valence-electron chi connectivity index (χ0n) is 18.9. The number of benzene rings is 1. The molecule has 3 unspecified atom stereocenters. The Balaban J connectivity index is 1.34. The molecule has 10 heteroatoms.